The zero-order valence-electron chi connectivity index (χ0n) is 15.3. The van der Waals surface area contributed by atoms with Crippen molar-refractivity contribution in [1.82, 2.24) is 20.5 Å². The second kappa shape index (κ2) is 7.97. The molecule has 0 saturated carbocycles. The molecule has 0 saturated heterocycles. The molecule has 0 radical (unpaired) electrons. The summed E-state index contributed by atoms with van der Waals surface area (Å²) < 4.78 is 44.3. The number of hydrogen-bond donors (Lipinski definition) is 2. The van der Waals surface area contributed by atoms with Gasteiger partial charge in [0.05, 0.1) is 28.5 Å². The van der Waals surface area contributed by atoms with Crippen molar-refractivity contribution in [2.75, 3.05) is 13.3 Å². The molecule has 3 rings (SSSR count). The number of pyridine rings is 1. The minimum atomic E-state index is -4.56. The Morgan fingerprint density at radius 1 is 1.25 bits per heavy atom. The van der Waals surface area contributed by atoms with E-state index in [0.717, 1.165) is 12.7 Å². The molecule has 0 atom stereocenters. The zero-order chi connectivity index (χ0) is 20.3. The minimum Gasteiger partial charge on any atom is -0.446 e. The molecule has 2 N–H and O–H groups in total. The number of carbonyl (C=O) groups excluding carboxylic acids is 1. The van der Waals surface area contributed by atoms with Crippen LogP contribution in [0.15, 0.2) is 36.5 Å². The molecule has 2 heterocycles. The lowest BCUT2D eigenvalue weighted by molar-refractivity contribution is -0.140. The van der Waals surface area contributed by atoms with Crippen LogP contribution in [0.1, 0.15) is 29.9 Å². The van der Waals surface area contributed by atoms with Gasteiger partial charge in [-0.1, -0.05) is 19.9 Å². The number of alkyl halides is 3. The van der Waals surface area contributed by atoms with Gasteiger partial charge >= 0.3 is 12.1 Å². The predicted octanol–water partition coefficient (Wildman–Crippen LogP) is 4.00. The Bertz CT molecular complexity index is 983. The van der Waals surface area contributed by atoms with Crippen molar-refractivity contribution in [3.8, 4) is 11.3 Å². The summed E-state index contributed by atoms with van der Waals surface area (Å²) in [5.74, 6) is -0.0517. The van der Waals surface area contributed by atoms with Gasteiger partial charge in [0.2, 0.25) is 0 Å². The van der Waals surface area contributed by atoms with Crippen molar-refractivity contribution in [2.24, 2.45) is 5.92 Å². The summed E-state index contributed by atoms with van der Waals surface area (Å²) in [7, 11) is 0. The van der Waals surface area contributed by atoms with Crippen LogP contribution in [0, 0.1) is 5.92 Å². The maximum atomic E-state index is 13.0. The number of nitrogens with zero attached hydrogens (tertiary/aromatic N) is 2. The van der Waals surface area contributed by atoms with Gasteiger partial charge in [0, 0.05) is 11.9 Å². The third-order valence-electron chi connectivity index (χ3n) is 3.98. The highest BCUT2D eigenvalue weighted by molar-refractivity contribution is 5.94. The Morgan fingerprint density at radius 3 is 2.75 bits per heavy atom. The summed E-state index contributed by atoms with van der Waals surface area (Å²) in [6.07, 6.45) is -3.47. The second-order valence-electron chi connectivity index (χ2n) is 6.68. The fraction of sp³-hybridized carbons (Fsp3) is 0.316. The Morgan fingerprint density at radius 2 is 2.04 bits per heavy atom. The quantitative estimate of drug-likeness (QED) is 0.377. The molecule has 148 valence electrons. The average molecular weight is 392 g/mol. The Balaban J connectivity index is 1.79. The van der Waals surface area contributed by atoms with Crippen LogP contribution in [0.2, 0.25) is 0 Å². The van der Waals surface area contributed by atoms with E-state index in [0.29, 0.717) is 22.4 Å². The van der Waals surface area contributed by atoms with Gasteiger partial charge in [-0.25, -0.2) is 9.78 Å². The lowest BCUT2D eigenvalue weighted by Gasteiger charge is -2.09. The van der Waals surface area contributed by atoms with Gasteiger partial charge in [0.1, 0.15) is 12.4 Å². The fourth-order valence-corrected chi connectivity index (χ4v) is 2.65. The predicted molar refractivity (Wildman–Crippen MR) is 97.4 cm³/mol. The number of rotatable bonds is 6. The van der Waals surface area contributed by atoms with Gasteiger partial charge in [-0.05, 0) is 30.2 Å². The van der Waals surface area contributed by atoms with Crippen molar-refractivity contribution < 1.29 is 22.7 Å². The maximum absolute atomic E-state index is 13.0. The van der Waals surface area contributed by atoms with Gasteiger partial charge in [-0.3, -0.25) is 10.4 Å². The van der Waals surface area contributed by atoms with Crippen LogP contribution in [-0.2, 0) is 10.9 Å². The fourth-order valence-electron chi connectivity index (χ4n) is 2.65. The molecule has 0 aliphatic rings. The normalized spacial score (nSPS) is 11.9. The molecular weight excluding hydrogens is 373 g/mol. The average Bonchev–Trinajstić information content (AvgIpc) is 3.14. The smallest absolute Gasteiger partial charge is 0.433 e. The van der Waals surface area contributed by atoms with Gasteiger partial charge < -0.3 is 4.74 Å². The van der Waals surface area contributed by atoms with Crippen molar-refractivity contribution in [1.29, 1.82) is 0 Å². The van der Waals surface area contributed by atoms with Crippen LogP contribution in [0.3, 0.4) is 0 Å². The molecule has 6 nitrogen and oxygen atoms in total. The third-order valence-corrected chi connectivity index (χ3v) is 3.98. The number of esters is 1. The van der Waals surface area contributed by atoms with Gasteiger partial charge in [-0.2, -0.15) is 18.3 Å². The number of fused-ring (bicyclic) bond motifs is 1. The number of carbonyl (C=O) groups is 1. The lowest BCUT2D eigenvalue weighted by Crippen LogP contribution is -2.24. The summed E-state index contributed by atoms with van der Waals surface area (Å²) in [5.41, 5.74) is -0.140. The van der Waals surface area contributed by atoms with Crippen LogP contribution in [0.4, 0.5) is 13.2 Å². The molecule has 3 aromatic rings. The monoisotopic (exact) mass is 392 g/mol. The molecule has 0 spiro atoms. The van der Waals surface area contributed by atoms with Gasteiger partial charge in [0.25, 0.3) is 0 Å². The topological polar surface area (TPSA) is 79.9 Å². The van der Waals surface area contributed by atoms with Crippen LogP contribution in [0.5, 0.6) is 0 Å². The van der Waals surface area contributed by atoms with E-state index in [2.05, 4.69) is 15.4 Å². The van der Waals surface area contributed by atoms with Crippen molar-refractivity contribution in [2.45, 2.75) is 20.0 Å². The minimum absolute atomic E-state index is 0.104. The first kappa shape index (κ1) is 19.8. The Hall–Kier alpha value is -2.94. The zero-order valence-corrected chi connectivity index (χ0v) is 15.3. The number of halogens is 3. The SMILES string of the molecule is CC(C)CNCOC(=O)c1ccc2nc(-c3cn[nH]c3C(F)(F)F)ccc2c1. The number of aromatic nitrogens is 3. The van der Waals surface area contributed by atoms with Gasteiger partial charge in [-0.15, -0.1) is 0 Å². The van der Waals surface area contributed by atoms with E-state index in [4.69, 9.17) is 4.74 Å². The Kier molecular flexibility index (Phi) is 5.64. The molecule has 9 heteroatoms. The number of benzene rings is 1. The summed E-state index contributed by atoms with van der Waals surface area (Å²) in [6.45, 7) is 4.92. The first-order valence-corrected chi connectivity index (χ1v) is 8.65. The van der Waals surface area contributed by atoms with E-state index < -0.39 is 17.8 Å². The van der Waals surface area contributed by atoms with Crippen LogP contribution in [0.25, 0.3) is 22.2 Å². The molecular formula is C19H19F3N4O2. The molecule has 0 aliphatic carbocycles. The molecule has 0 amide bonds. The molecule has 0 aliphatic heterocycles. The summed E-state index contributed by atoms with van der Waals surface area (Å²) in [5, 5.41) is 9.07. The number of H-pyrrole nitrogens is 1. The van der Waals surface area contributed by atoms with Crippen LogP contribution in [-0.4, -0.2) is 34.4 Å². The second-order valence-corrected chi connectivity index (χ2v) is 6.68. The van der Waals surface area contributed by atoms with E-state index in [1.807, 2.05) is 18.9 Å². The third kappa shape index (κ3) is 4.48. The first-order valence-electron chi connectivity index (χ1n) is 8.65. The Labute approximate surface area is 159 Å². The number of nitrogens with one attached hydrogen (secondary N) is 2. The highest BCUT2D eigenvalue weighted by Crippen LogP contribution is 2.35. The van der Waals surface area contributed by atoms with Crippen molar-refractivity contribution in [3.05, 3.63) is 47.8 Å². The summed E-state index contributed by atoms with van der Waals surface area (Å²) >= 11 is 0. The van der Waals surface area contributed by atoms with Crippen molar-refractivity contribution >= 4 is 16.9 Å². The van der Waals surface area contributed by atoms with Gasteiger partial charge in [0.15, 0.2) is 0 Å². The summed E-state index contributed by atoms with van der Waals surface area (Å²) in [4.78, 5) is 16.4. The molecule has 2 aromatic heterocycles. The molecule has 1 aromatic carbocycles. The highest BCUT2D eigenvalue weighted by Gasteiger charge is 2.36. The molecule has 0 bridgehead atoms. The molecule has 0 fully saturated rings. The number of aromatic amines is 1. The van der Waals surface area contributed by atoms with Crippen LogP contribution >= 0.6 is 0 Å². The first-order chi connectivity index (χ1) is 13.3. The maximum Gasteiger partial charge on any atom is 0.433 e. The molecule has 0 unspecified atom stereocenters. The van der Waals surface area contributed by atoms with Crippen LogP contribution < -0.4 is 5.32 Å². The van der Waals surface area contributed by atoms with E-state index in [-0.39, 0.29) is 18.0 Å². The lowest BCUT2D eigenvalue weighted by atomic mass is 10.1. The van der Waals surface area contributed by atoms with Crippen molar-refractivity contribution in [3.63, 3.8) is 0 Å². The molecule has 28 heavy (non-hydrogen) atoms. The van der Waals surface area contributed by atoms with E-state index in [1.54, 1.807) is 18.2 Å². The van der Waals surface area contributed by atoms with E-state index in [9.17, 15) is 18.0 Å². The number of hydrogen-bond acceptors (Lipinski definition) is 5. The standard InChI is InChI=1S/C19H19F3N4O2/c1-11(2)8-23-10-28-18(27)13-4-5-15-12(7-13)3-6-16(25-15)14-9-24-26-17(14)19(20,21)22/h3-7,9,11,23H,8,10H2,1-2H3,(H,24,26). The highest BCUT2D eigenvalue weighted by atomic mass is 19.4. The number of ether oxygens (including phenoxy) is 1. The van der Waals surface area contributed by atoms with E-state index >= 15 is 0 Å². The summed E-state index contributed by atoms with van der Waals surface area (Å²) in [6, 6.07) is 7.77. The largest absolute Gasteiger partial charge is 0.446 e. The van der Waals surface area contributed by atoms with E-state index in [1.165, 1.54) is 12.1 Å².